The molecule has 29 heavy (non-hydrogen) atoms. The molecular weight excluding hydrogens is 372 g/mol. The molecule has 2 aromatic rings. The second kappa shape index (κ2) is 8.24. The van der Waals surface area contributed by atoms with Gasteiger partial charge >= 0.3 is 0 Å². The van der Waals surface area contributed by atoms with Crippen molar-refractivity contribution < 1.29 is 19.1 Å². The van der Waals surface area contributed by atoms with Gasteiger partial charge in [-0.05, 0) is 31.5 Å². The standard InChI is InChI=1S/C21H22N4O4/c1-3-29-21(18(26)24-11-13-5-7-14(8-6-13)17(22)23)25-19(27)15-9-4-12(2)10-16(15)20(25)28/h4-10,21H,3,11H2,1-2H3,(H3,22,23)(H,24,26)/t21-/m0/s1. The summed E-state index contributed by atoms with van der Waals surface area (Å²) in [6, 6.07) is 11.8. The summed E-state index contributed by atoms with van der Waals surface area (Å²) >= 11 is 0. The Morgan fingerprint density at radius 3 is 2.41 bits per heavy atom. The van der Waals surface area contributed by atoms with Crippen LogP contribution in [0.3, 0.4) is 0 Å². The lowest BCUT2D eigenvalue weighted by atomic mass is 10.1. The molecule has 1 atom stereocenters. The minimum atomic E-state index is -1.36. The fourth-order valence-corrected chi connectivity index (χ4v) is 3.09. The van der Waals surface area contributed by atoms with E-state index >= 15 is 0 Å². The molecule has 0 bridgehead atoms. The minimum Gasteiger partial charge on any atom is -0.384 e. The summed E-state index contributed by atoms with van der Waals surface area (Å²) in [5.74, 6) is -1.73. The first-order valence-electron chi connectivity index (χ1n) is 9.14. The lowest BCUT2D eigenvalue weighted by Crippen LogP contribution is -2.51. The zero-order valence-corrected chi connectivity index (χ0v) is 16.2. The summed E-state index contributed by atoms with van der Waals surface area (Å²) < 4.78 is 5.46. The van der Waals surface area contributed by atoms with Gasteiger partial charge in [0, 0.05) is 18.7 Å². The molecule has 0 saturated heterocycles. The number of nitrogen functional groups attached to an aromatic ring is 1. The van der Waals surface area contributed by atoms with E-state index in [1.807, 2.05) is 6.92 Å². The molecule has 0 aromatic heterocycles. The van der Waals surface area contributed by atoms with E-state index in [1.165, 1.54) is 0 Å². The van der Waals surface area contributed by atoms with Crippen molar-refractivity contribution in [2.45, 2.75) is 26.6 Å². The summed E-state index contributed by atoms with van der Waals surface area (Å²) in [4.78, 5) is 39.1. The van der Waals surface area contributed by atoms with Gasteiger partial charge in [0.25, 0.3) is 17.7 Å². The van der Waals surface area contributed by atoms with Crippen LogP contribution in [-0.4, -0.2) is 41.3 Å². The van der Waals surface area contributed by atoms with E-state index in [-0.39, 0.29) is 30.1 Å². The summed E-state index contributed by atoms with van der Waals surface area (Å²) in [5, 5.41) is 10.1. The summed E-state index contributed by atoms with van der Waals surface area (Å²) in [6.45, 7) is 3.83. The van der Waals surface area contributed by atoms with Crippen LogP contribution in [0.15, 0.2) is 42.5 Å². The molecule has 8 heteroatoms. The topological polar surface area (TPSA) is 126 Å². The van der Waals surface area contributed by atoms with E-state index in [1.54, 1.807) is 49.4 Å². The number of nitrogens with two attached hydrogens (primary N) is 1. The zero-order valence-electron chi connectivity index (χ0n) is 16.2. The van der Waals surface area contributed by atoms with Gasteiger partial charge < -0.3 is 15.8 Å². The summed E-state index contributed by atoms with van der Waals surface area (Å²) in [5.41, 5.74) is 8.16. The quantitative estimate of drug-likeness (QED) is 0.373. The molecule has 8 nitrogen and oxygen atoms in total. The van der Waals surface area contributed by atoms with E-state index in [2.05, 4.69) is 5.32 Å². The minimum absolute atomic E-state index is 0.0437. The highest BCUT2D eigenvalue weighted by atomic mass is 16.5. The second-order valence-corrected chi connectivity index (χ2v) is 6.67. The van der Waals surface area contributed by atoms with Crippen molar-refractivity contribution in [2.24, 2.45) is 5.73 Å². The third-order valence-electron chi connectivity index (χ3n) is 4.59. The smallest absolute Gasteiger partial charge is 0.271 e. The van der Waals surface area contributed by atoms with Crippen molar-refractivity contribution in [3.05, 3.63) is 70.3 Å². The van der Waals surface area contributed by atoms with Crippen molar-refractivity contribution in [1.82, 2.24) is 10.2 Å². The number of nitrogens with one attached hydrogen (secondary N) is 2. The monoisotopic (exact) mass is 394 g/mol. The van der Waals surface area contributed by atoms with Crippen molar-refractivity contribution >= 4 is 23.6 Å². The molecule has 4 N–H and O–H groups in total. The number of nitrogens with zero attached hydrogens (tertiary/aromatic N) is 1. The predicted molar refractivity (Wildman–Crippen MR) is 106 cm³/mol. The SMILES string of the molecule is CCO[C@@H](C(=O)NCc1ccc(C(=N)N)cc1)N1C(=O)c2ccc(C)cc2C1=O. The van der Waals surface area contributed by atoms with E-state index in [0.717, 1.165) is 16.0 Å². The number of imide groups is 1. The van der Waals surface area contributed by atoms with Gasteiger partial charge in [0.05, 0.1) is 11.1 Å². The molecule has 2 aromatic carbocycles. The van der Waals surface area contributed by atoms with Gasteiger partial charge in [-0.1, -0.05) is 35.9 Å². The average molecular weight is 394 g/mol. The van der Waals surface area contributed by atoms with Gasteiger partial charge in [0.1, 0.15) is 5.84 Å². The number of carbonyl (C=O) groups is 3. The maximum Gasteiger partial charge on any atom is 0.271 e. The Morgan fingerprint density at radius 2 is 1.79 bits per heavy atom. The molecule has 0 unspecified atom stereocenters. The molecule has 1 aliphatic heterocycles. The van der Waals surface area contributed by atoms with Crippen LogP contribution in [0, 0.1) is 12.3 Å². The molecular formula is C21H22N4O4. The molecule has 0 fully saturated rings. The number of amides is 3. The third kappa shape index (κ3) is 4.02. The molecule has 0 radical (unpaired) electrons. The number of rotatable bonds is 7. The van der Waals surface area contributed by atoms with Crippen LogP contribution >= 0.6 is 0 Å². The van der Waals surface area contributed by atoms with E-state index < -0.39 is 23.9 Å². The summed E-state index contributed by atoms with van der Waals surface area (Å²) in [6.07, 6.45) is -1.36. The molecule has 1 heterocycles. The number of amidine groups is 1. The van der Waals surface area contributed by atoms with Crippen molar-refractivity contribution in [3.63, 3.8) is 0 Å². The van der Waals surface area contributed by atoms with Crippen molar-refractivity contribution in [3.8, 4) is 0 Å². The van der Waals surface area contributed by atoms with Crippen LogP contribution in [0.1, 0.15) is 44.3 Å². The fraction of sp³-hybridized carbons (Fsp3) is 0.238. The highest BCUT2D eigenvalue weighted by Gasteiger charge is 2.43. The number of ether oxygens (including phenoxy) is 1. The molecule has 150 valence electrons. The van der Waals surface area contributed by atoms with Crippen LogP contribution in [0.2, 0.25) is 0 Å². The number of carbonyl (C=O) groups excluding carboxylic acids is 3. The molecule has 3 amide bonds. The first-order valence-corrected chi connectivity index (χ1v) is 9.14. The maximum absolute atomic E-state index is 12.8. The highest BCUT2D eigenvalue weighted by Crippen LogP contribution is 2.26. The van der Waals surface area contributed by atoms with Gasteiger partial charge in [-0.2, -0.15) is 0 Å². The molecule has 0 spiro atoms. The molecule has 0 saturated carbocycles. The Kier molecular flexibility index (Phi) is 5.74. The first-order chi connectivity index (χ1) is 13.8. The predicted octanol–water partition coefficient (Wildman–Crippen LogP) is 1.55. The molecule has 0 aliphatic carbocycles. The number of aryl methyl sites for hydroxylation is 1. The summed E-state index contributed by atoms with van der Waals surface area (Å²) in [7, 11) is 0. The lowest BCUT2D eigenvalue weighted by molar-refractivity contribution is -0.140. The Bertz CT molecular complexity index is 985. The largest absolute Gasteiger partial charge is 0.384 e. The normalized spacial score (nSPS) is 13.9. The zero-order chi connectivity index (χ0) is 21.1. The second-order valence-electron chi connectivity index (χ2n) is 6.67. The van der Waals surface area contributed by atoms with E-state index in [0.29, 0.717) is 5.56 Å². The van der Waals surface area contributed by atoms with Gasteiger partial charge in [0.15, 0.2) is 0 Å². The van der Waals surface area contributed by atoms with Crippen LogP contribution in [0.5, 0.6) is 0 Å². The lowest BCUT2D eigenvalue weighted by Gasteiger charge is -2.24. The van der Waals surface area contributed by atoms with Crippen LogP contribution in [0.4, 0.5) is 0 Å². The fourth-order valence-electron chi connectivity index (χ4n) is 3.09. The molecule has 3 rings (SSSR count). The van der Waals surface area contributed by atoms with Crippen LogP contribution < -0.4 is 11.1 Å². The van der Waals surface area contributed by atoms with Gasteiger partial charge in [-0.15, -0.1) is 0 Å². The van der Waals surface area contributed by atoms with E-state index in [9.17, 15) is 14.4 Å². The number of fused-ring (bicyclic) bond motifs is 1. The third-order valence-corrected chi connectivity index (χ3v) is 4.59. The average Bonchev–Trinajstić information content (AvgIpc) is 2.94. The Hall–Kier alpha value is -3.52. The highest BCUT2D eigenvalue weighted by molar-refractivity contribution is 6.22. The maximum atomic E-state index is 12.8. The van der Waals surface area contributed by atoms with Gasteiger partial charge in [-0.3, -0.25) is 19.8 Å². The Labute approximate surface area is 168 Å². The Balaban J connectivity index is 1.75. The van der Waals surface area contributed by atoms with Gasteiger partial charge in [-0.25, -0.2) is 4.90 Å². The number of benzene rings is 2. The molecule has 1 aliphatic rings. The Morgan fingerprint density at radius 1 is 1.14 bits per heavy atom. The van der Waals surface area contributed by atoms with Crippen molar-refractivity contribution in [2.75, 3.05) is 6.61 Å². The van der Waals surface area contributed by atoms with Crippen LogP contribution in [-0.2, 0) is 16.1 Å². The van der Waals surface area contributed by atoms with Crippen molar-refractivity contribution in [1.29, 1.82) is 5.41 Å². The van der Waals surface area contributed by atoms with E-state index in [4.69, 9.17) is 15.9 Å². The number of hydrogen-bond acceptors (Lipinski definition) is 5. The van der Waals surface area contributed by atoms with Crippen LogP contribution in [0.25, 0.3) is 0 Å². The first kappa shape index (κ1) is 20.2. The number of hydrogen-bond donors (Lipinski definition) is 3. The van der Waals surface area contributed by atoms with Gasteiger partial charge in [0.2, 0.25) is 6.23 Å².